The Bertz CT molecular complexity index is 125. The second-order valence-electron chi connectivity index (χ2n) is 2.51. The molecule has 0 aliphatic carbocycles. The van der Waals surface area contributed by atoms with Gasteiger partial charge in [-0.2, -0.15) is 0 Å². The molecule has 0 spiro atoms. The number of hydrogen-bond donors (Lipinski definition) is 2. The molecule has 0 aliphatic heterocycles. The number of rotatable bonds is 4. The molecule has 0 heterocycles. The Morgan fingerprint density at radius 1 is 1.73 bits per heavy atom. The van der Waals surface area contributed by atoms with Crippen molar-refractivity contribution in [3.05, 3.63) is 0 Å². The molecular formula is C7H15NO3. The fourth-order valence-electron chi connectivity index (χ4n) is 0.476. The summed E-state index contributed by atoms with van der Waals surface area (Å²) in [7, 11) is 0. The second-order valence-corrected chi connectivity index (χ2v) is 2.51. The van der Waals surface area contributed by atoms with Gasteiger partial charge in [-0.15, -0.1) is 0 Å². The van der Waals surface area contributed by atoms with E-state index in [1.54, 1.807) is 6.92 Å². The summed E-state index contributed by atoms with van der Waals surface area (Å²) in [4.78, 5) is 10.9. The van der Waals surface area contributed by atoms with Crippen LogP contribution in [-0.4, -0.2) is 23.9 Å². The molecule has 0 rings (SSSR count). The van der Waals surface area contributed by atoms with Crippen molar-refractivity contribution in [2.45, 2.75) is 26.5 Å². The largest absolute Gasteiger partial charge is 0.461 e. The number of aliphatic hydroxyl groups is 1. The molecule has 0 fully saturated rings. The molecule has 0 aromatic rings. The van der Waals surface area contributed by atoms with E-state index in [2.05, 4.69) is 4.74 Å². The van der Waals surface area contributed by atoms with Crippen LogP contribution in [0.3, 0.4) is 0 Å². The number of ether oxygens (including phenoxy) is 1. The van der Waals surface area contributed by atoms with E-state index in [0.717, 1.165) is 6.42 Å². The molecule has 0 saturated heterocycles. The minimum Gasteiger partial charge on any atom is -0.461 e. The number of nitrogens with two attached hydrogens (primary N) is 1. The molecule has 0 saturated carbocycles. The van der Waals surface area contributed by atoms with E-state index >= 15 is 0 Å². The van der Waals surface area contributed by atoms with Crippen LogP contribution in [0.25, 0.3) is 0 Å². The summed E-state index contributed by atoms with van der Waals surface area (Å²) in [5, 5.41) is 8.56. The molecule has 4 heteroatoms. The number of carbonyl (C=O) groups is 1. The summed E-state index contributed by atoms with van der Waals surface area (Å²) < 4.78 is 4.64. The predicted octanol–water partition coefficient (Wildman–Crippen LogP) is -0.147. The number of carbonyl (C=O) groups excluding carboxylic acids is 1. The first-order chi connectivity index (χ1) is 5.07. The third kappa shape index (κ3) is 4.75. The van der Waals surface area contributed by atoms with Crippen LogP contribution in [0.2, 0.25) is 0 Å². The Balaban J connectivity index is 3.52. The van der Waals surface area contributed by atoms with Crippen molar-refractivity contribution in [1.29, 1.82) is 0 Å². The third-order valence-corrected chi connectivity index (χ3v) is 1.41. The fraction of sp³-hybridized carbons (Fsp3) is 0.857. The van der Waals surface area contributed by atoms with Crippen LogP contribution in [-0.2, 0) is 9.53 Å². The average Bonchev–Trinajstić information content (AvgIpc) is 1.98. The van der Waals surface area contributed by atoms with Crippen LogP contribution in [0.1, 0.15) is 20.3 Å². The van der Waals surface area contributed by atoms with Gasteiger partial charge in [-0.25, -0.2) is 0 Å². The highest BCUT2D eigenvalue weighted by molar-refractivity contribution is 5.71. The highest BCUT2D eigenvalue weighted by Gasteiger charge is 2.12. The zero-order valence-electron chi connectivity index (χ0n) is 6.91. The molecular weight excluding hydrogens is 146 g/mol. The smallest absolute Gasteiger partial charge is 0.308 e. The van der Waals surface area contributed by atoms with Gasteiger partial charge in [0.1, 0.15) is 12.8 Å². The zero-order valence-corrected chi connectivity index (χ0v) is 6.91. The van der Waals surface area contributed by atoms with Crippen LogP contribution >= 0.6 is 0 Å². The van der Waals surface area contributed by atoms with E-state index in [9.17, 15) is 4.79 Å². The van der Waals surface area contributed by atoms with Gasteiger partial charge in [0.25, 0.3) is 0 Å². The van der Waals surface area contributed by atoms with E-state index in [1.165, 1.54) is 0 Å². The first-order valence-corrected chi connectivity index (χ1v) is 3.68. The second kappa shape index (κ2) is 5.09. The van der Waals surface area contributed by atoms with Crippen LogP contribution in [0, 0.1) is 5.92 Å². The molecule has 66 valence electrons. The van der Waals surface area contributed by atoms with Crippen molar-refractivity contribution < 1.29 is 14.6 Å². The van der Waals surface area contributed by atoms with E-state index in [-0.39, 0.29) is 18.5 Å². The minimum absolute atomic E-state index is 0.117. The average molecular weight is 161 g/mol. The van der Waals surface area contributed by atoms with E-state index in [0.29, 0.717) is 0 Å². The Morgan fingerprint density at radius 3 is 2.64 bits per heavy atom. The van der Waals surface area contributed by atoms with Gasteiger partial charge >= 0.3 is 5.97 Å². The van der Waals surface area contributed by atoms with Crippen molar-refractivity contribution >= 4 is 5.97 Å². The summed E-state index contributed by atoms with van der Waals surface area (Å²) in [5.74, 6) is -0.425. The highest BCUT2D eigenvalue weighted by Crippen LogP contribution is 2.02. The molecule has 0 aliphatic rings. The third-order valence-electron chi connectivity index (χ3n) is 1.41. The van der Waals surface area contributed by atoms with Gasteiger partial charge in [-0.05, 0) is 6.42 Å². The Hall–Kier alpha value is -0.610. The van der Waals surface area contributed by atoms with Gasteiger partial charge in [-0.3, -0.25) is 4.79 Å². The van der Waals surface area contributed by atoms with Crippen molar-refractivity contribution in [3.8, 4) is 0 Å². The normalized spacial score (nSPS) is 15.6. The van der Waals surface area contributed by atoms with Crippen molar-refractivity contribution in [2.75, 3.05) is 6.61 Å². The molecule has 2 unspecified atom stereocenters. The van der Waals surface area contributed by atoms with E-state index in [4.69, 9.17) is 10.8 Å². The predicted molar refractivity (Wildman–Crippen MR) is 40.6 cm³/mol. The monoisotopic (exact) mass is 161 g/mol. The zero-order chi connectivity index (χ0) is 8.85. The molecule has 0 amide bonds. The lowest BCUT2D eigenvalue weighted by Gasteiger charge is -2.09. The van der Waals surface area contributed by atoms with E-state index in [1.807, 2.05) is 6.92 Å². The standard InChI is InChI=1S/C7H15NO3/c1-3-5(2)7(10)11-4-6(8)9/h5-6,9H,3-4,8H2,1-2H3. The Kier molecular flexibility index (Phi) is 4.81. The lowest BCUT2D eigenvalue weighted by Crippen LogP contribution is -2.28. The maximum atomic E-state index is 10.9. The fourth-order valence-corrected chi connectivity index (χ4v) is 0.476. The molecule has 3 N–H and O–H groups in total. The highest BCUT2D eigenvalue weighted by atomic mass is 16.5. The Labute approximate surface area is 66.3 Å². The van der Waals surface area contributed by atoms with Crippen molar-refractivity contribution in [1.82, 2.24) is 0 Å². The first-order valence-electron chi connectivity index (χ1n) is 3.68. The van der Waals surface area contributed by atoms with Crippen LogP contribution in [0.15, 0.2) is 0 Å². The number of aliphatic hydroxyl groups excluding tert-OH is 1. The molecule has 0 aromatic carbocycles. The van der Waals surface area contributed by atoms with Crippen LogP contribution in [0.4, 0.5) is 0 Å². The van der Waals surface area contributed by atoms with Crippen molar-refractivity contribution in [3.63, 3.8) is 0 Å². The number of esters is 1. The maximum Gasteiger partial charge on any atom is 0.308 e. The summed E-state index contributed by atoms with van der Waals surface area (Å²) in [6.07, 6.45) is -0.331. The lowest BCUT2D eigenvalue weighted by atomic mass is 10.1. The lowest BCUT2D eigenvalue weighted by molar-refractivity contribution is -0.150. The molecule has 11 heavy (non-hydrogen) atoms. The molecule has 0 aromatic heterocycles. The molecule has 0 bridgehead atoms. The minimum atomic E-state index is -1.07. The summed E-state index contributed by atoms with van der Waals surface area (Å²) >= 11 is 0. The summed E-state index contributed by atoms with van der Waals surface area (Å²) in [6, 6.07) is 0. The van der Waals surface area contributed by atoms with Crippen LogP contribution < -0.4 is 5.73 Å². The van der Waals surface area contributed by atoms with Crippen LogP contribution in [0.5, 0.6) is 0 Å². The van der Waals surface area contributed by atoms with Crippen molar-refractivity contribution in [2.24, 2.45) is 11.7 Å². The van der Waals surface area contributed by atoms with E-state index < -0.39 is 6.23 Å². The van der Waals surface area contributed by atoms with Gasteiger partial charge in [0.05, 0.1) is 5.92 Å². The Morgan fingerprint density at radius 2 is 2.27 bits per heavy atom. The topological polar surface area (TPSA) is 72.5 Å². The molecule has 2 atom stereocenters. The van der Waals surface area contributed by atoms with Gasteiger partial charge in [0.2, 0.25) is 0 Å². The SMILES string of the molecule is CCC(C)C(=O)OCC(N)O. The van der Waals surface area contributed by atoms with Gasteiger partial charge in [0.15, 0.2) is 0 Å². The molecule has 4 nitrogen and oxygen atoms in total. The van der Waals surface area contributed by atoms with Gasteiger partial charge in [-0.1, -0.05) is 13.8 Å². The van der Waals surface area contributed by atoms with Gasteiger partial charge < -0.3 is 15.6 Å². The first kappa shape index (κ1) is 10.4. The maximum absolute atomic E-state index is 10.9. The summed E-state index contributed by atoms with van der Waals surface area (Å²) in [6.45, 7) is 3.54. The number of hydrogen-bond acceptors (Lipinski definition) is 4. The quantitative estimate of drug-likeness (QED) is 0.444. The molecule has 0 radical (unpaired) electrons. The summed E-state index contributed by atoms with van der Waals surface area (Å²) in [5.41, 5.74) is 4.96. The van der Waals surface area contributed by atoms with Gasteiger partial charge in [0, 0.05) is 0 Å².